The Morgan fingerprint density at radius 1 is 1.05 bits per heavy atom. The van der Waals surface area contributed by atoms with Gasteiger partial charge in [-0.05, 0) is 45.6 Å². The lowest BCUT2D eigenvalue weighted by molar-refractivity contribution is 0.412. The van der Waals surface area contributed by atoms with Gasteiger partial charge in [0.25, 0.3) is 0 Å². The van der Waals surface area contributed by atoms with Gasteiger partial charge < -0.3 is 9.64 Å². The van der Waals surface area contributed by atoms with Crippen LogP contribution in [0.4, 0.5) is 5.69 Å². The Labute approximate surface area is 123 Å². The number of hydrogen-bond donors (Lipinski definition) is 0. The van der Waals surface area contributed by atoms with Crippen LogP contribution >= 0.6 is 15.9 Å². The molecular weight excluding hydrogens is 302 g/mol. The Morgan fingerprint density at radius 3 is 2.32 bits per heavy atom. The quantitative estimate of drug-likeness (QED) is 0.840. The molecule has 2 aromatic carbocycles. The summed E-state index contributed by atoms with van der Waals surface area (Å²) in [5.74, 6) is 0.877. The summed E-state index contributed by atoms with van der Waals surface area (Å²) >= 11 is 3.59. The lowest BCUT2D eigenvalue weighted by Crippen LogP contribution is -2.11. The van der Waals surface area contributed by atoms with Crippen molar-refractivity contribution in [2.45, 2.75) is 6.42 Å². The second kappa shape index (κ2) is 6.11. The first kappa shape index (κ1) is 13.9. The minimum absolute atomic E-state index is 0.877. The molecule has 0 aliphatic carbocycles. The molecule has 0 saturated heterocycles. The van der Waals surface area contributed by atoms with Crippen LogP contribution in [0.1, 0.15) is 11.1 Å². The van der Waals surface area contributed by atoms with Gasteiger partial charge >= 0.3 is 0 Å². The fourth-order valence-electron chi connectivity index (χ4n) is 2.10. The molecule has 2 aromatic rings. The van der Waals surface area contributed by atoms with E-state index >= 15 is 0 Å². The number of methoxy groups -OCH3 is 1. The Balaban J connectivity index is 2.37. The van der Waals surface area contributed by atoms with E-state index in [4.69, 9.17) is 4.74 Å². The van der Waals surface area contributed by atoms with Gasteiger partial charge in [-0.15, -0.1) is 0 Å². The zero-order chi connectivity index (χ0) is 13.8. The van der Waals surface area contributed by atoms with E-state index in [-0.39, 0.29) is 0 Å². The lowest BCUT2D eigenvalue weighted by atomic mass is 10.0. The van der Waals surface area contributed by atoms with Crippen LogP contribution in [0, 0.1) is 0 Å². The topological polar surface area (TPSA) is 12.5 Å². The second-order valence-corrected chi connectivity index (χ2v) is 5.54. The predicted molar refractivity (Wildman–Crippen MR) is 84.3 cm³/mol. The molecule has 0 bridgehead atoms. The molecule has 0 aliphatic rings. The lowest BCUT2D eigenvalue weighted by Gasteiger charge is -2.19. The molecule has 3 heteroatoms. The molecule has 0 N–H and O–H groups in total. The summed E-state index contributed by atoms with van der Waals surface area (Å²) < 4.78 is 6.45. The van der Waals surface area contributed by atoms with Crippen LogP contribution in [-0.2, 0) is 6.42 Å². The Hall–Kier alpha value is -1.48. The molecular formula is C16H18BrNO. The molecule has 0 amide bonds. The Bertz CT molecular complexity index is 552. The normalized spacial score (nSPS) is 10.3. The molecule has 0 saturated carbocycles. The van der Waals surface area contributed by atoms with Gasteiger partial charge in [-0.1, -0.05) is 30.3 Å². The van der Waals surface area contributed by atoms with E-state index in [1.54, 1.807) is 7.11 Å². The van der Waals surface area contributed by atoms with Gasteiger partial charge in [0, 0.05) is 14.1 Å². The Morgan fingerprint density at radius 2 is 1.74 bits per heavy atom. The van der Waals surface area contributed by atoms with Crippen molar-refractivity contribution < 1.29 is 4.74 Å². The highest BCUT2D eigenvalue weighted by molar-refractivity contribution is 9.10. The zero-order valence-electron chi connectivity index (χ0n) is 11.5. The summed E-state index contributed by atoms with van der Waals surface area (Å²) in [5.41, 5.74) is 3.66. The van der Waals surface area contributed by atoms with E-state index in [1.807, 2.05) is 20.2 Å². The van der Waals surface area contributed by atoms with Crippen LogP contribution in [0.3, 0.4) is 0 Å². The van der Waals surface area contributed by atoms with Gasteiger partial charge in [-0.3, -0.25) is 0 Å². The third-order valence-electron chi connectivity index (χ3n) is 3.02. The number of rotatable bonds is 4. The van der Waals surface area contributed by atoms with Crippen LogP contribution in [0.25, 0.3) is 0 Å². The molecule has 2 rings (SSSR count). The van der Waals surface area contributed by atoms with Crippen molar-refractivity contribution in [2.75, 3.05) is 26.1 Å². The zero-order valence-corrected chi connectivity index (χ0v) is 13.1. The van der Waals surface area contributed by atoms with E-state index < -0.39 is 0 Å². The van der Waals surface area contributed by atoms with Gasteiger partial charge in [0.2, 0.25) is 0 Å². The van der Waals surface area contributed by atoms with Crippen molar-refractivity contribution in [1.29, 1.82) is 0 Å². The predicted octanol–water partition coefficient (Wildman–Crippen LogP) is 4.11. The van der Waals surface area contributed by atoms with Gasteiger partial charge in [0.15, 0.2) is 5.75 Å². The van der Waals surface area contributed by atoms with Crippen molar-refractivity contribution in [2.24, 2.45) is 0 Å². The monoisotopic (exact) mass is 319 g/mol. The van der Waals surface area contributed by atoms with E-state index in [0.29, 0.717) is 0 Å². The highest BCUT2D eigenvalue weighted by Crippen LogP contribution is 2.36. The van der Waals surface area contributed by atoms with Crippen molar-refractivity contribution >= 4 is 21.6 Å². The molecule has 0 aliphatic heterocycles. The summed E-state index contributed by atoms with van der Waals surface area (Å²) in [7, 11) is 5.75. The molecule has 2 nitrogen and oxygen atoms in total. The summed E-state index contributed by atoms with van der Waals surface area (Å²) in [6, 6.07) is 14.8. The van der Waals surface area contributed by atoms with Crippen molar-refractivity contribution in [1.82, 2.24) is 0 Å². The number of ether oxygens (including phenoxy) is 1. The number of hydrogen-bond acceptors (Lipinski definition) is 2. The van der Waals surface area contributed by atoms with E-state index in [9.17, 15) is 0 Å². The minimum Gasteiger partial charge on any atom is -0.493 e. The van der Waals surface area contributed by atoms with Crippen LogP contribution < -0.4 is 9.64 Å². The number of nitrogens with zero attached hydrogens (tertiary/aromatic N) is 1. The SMILES string of the molecule is COc1c(Br)cc(Cc2ccccc2)cc1N(C)C. The van der Waals surface area contributed by atoms with E-state index in [2.05, 4.69) is 57.2 Å². The summed E-state index contributed by atoms with van der Waals surface area (Å²) in [6.07, 6.45) is 0.921. The molecule has 100 valence electrons. The smallest absolute Gasteiger partial charge is 0.156 e. The first-order chi connectivity index (χ1) is 9.11. The molecule has 0 unspecified atom stereocenters. The largest absolute Gasteiger partial charge is 0.493 e. The molecule has 0 fully saturated rings. The third kappa shape index (κ3) is 3.29. The molecule has 0 radical (unpaired) electrons. The molecule has 0 spiro atoms. The number of benzene rings is 2. The first-order valence-electron chi connectivity index (χ1n) is 6.19. The number of anilines is 1. The Kier molecular flexibility index (Phi) is 4.48. The fraction of sp³-hybridized carbons (Fsp3) is 0.250. The highest BCUT2D eigenvalue weighted by Gasteiger charge is 2.11. The van der Waals surface area contributed by atoms with Gasteiger partial charge in [-0.2, -0.15) is 0 Å². The highest BCUT2D eigenvalue weighted by atomic mass is 79.9. The van der Waals surface area contributed by atoms with Gasteiger partial charge in [0.05, 0.1) is 17.3 Å². The minimum atomic E-state index is 0.877. The maximum atomic E-state index is 5.45. The number of halogens is 1. The first-order valence-corrected chi connectivity index (χ1v) is 6.98. The van der Waals surface area contributed by atoms with E-state index in [1.165, 1.54) is 11.1 Å². The van der Waals surface area contributed by atoms with Crippen LogP contribution in [0.2, 0.25) is 0 Å². The van der Waals surface area contributed by atoms with E-state index in [0.717, 1.165) is 22.3 Å². The average Bonchev–Trinajstić information content (AvgIpc) is 2.39. The van der Waals surface area contributed by atoms with Gasteiger partial charge in [0.1, 0.15) is 0 Å². The second-order valence-electron chi connectivity index (χ2n) is 4.69. The maximum Gasteiger partial charge on any atom is 0.156 e. The summed E-state index contributed by atoms with van der Waals surface area (Å²) in [4.78, 5) is 2.07. The van der Waals surface area contributed by atoms with Gasteiger partial charge in [-0.25, -0.2) is 0 Å². The molecule has 0 atom stereocenters. The third-order valence-corrected chi connectivity index (χ3v) is 3.61. The van der Waals surface area contributed by atoms with Crippen molar-refractivity contribution in [3.63, 3.8) is 0 Å². The fourth-order valence-corrected chi connectivity index (χ4v) is 2.76. The molecule has 0 heterocycles. The van der Waals surface area contributed by atoms with Crippen molar-refractivity contribution in [3.05, 3.63) is 58.1 Å². The van der Waals surface area contributed by atoms with Crippen molar-refractivity contribution in [3.8, 4) is 5.75 Å². The maximum absolute atomic E-state index is 5.45. The molecule has 0 aromatic heterocycles. The van der Waals surface area contributed by atoms with Crippen LogP contribution in [0.15, 0.2) is 46.9 Å². The standard InChI is InChI=1S/C16H18BrNO/c1-18(2)15-11-13(10-14(17)16(15)19-3)9-12-7-5-4-6-8-12/h4-8,10-11H,9H2,1-3H3. The average molecular weight is 320 g/mol. The van der Waals surface area contributed by atoms with Crippen LogP contribution in [-0.4, -0.2) is 21.2 Å². The summed E-state index contributed by atoms with van der Waals surface area (Å²) in [6.45, 7) is 0. The van der Waals surface area contributed by atoms with Crippen LogP contribution in [0.5, 0.6) is 5.75 Å². The summed E-state index contributed by atoms with van der Waals surface area (Å²) in [5, 5.41) is 0. The molecule has 19 heavy (non-hydrogen) atoms.